The second kappa shape index (κ2) is 17.0. The second-order valence-electron chi connectivity index (χ2n) is 8.15. The van der Waals surface area contributed by atoms with Crippen LogP contribution >= 0.6 is 23.2 Å². The molecule has 0 aliphatic rings. The van der Waals surface area contributed by atoms with Gasteiger partial charge in [-0.05, 0) is 17.2 Å². The fourth-order valence-corrected chi connectivity index (χ4v) is 4.02. The molecule has 0 fully saturated rings. The maximum absolute atomic E-state index is 13.3. The van der Waals surface area contributed by atoms with Gasteiger partial charge in [0.15, 0.2) is 36.6 Å². The number of benzene rings is 3. The van der Waals surface area contributed by atoms with Crippen LogP contribution in [0.4, 0.5) is 0 Å². The van der Waals surface area contributed by atoms with Crippen molar-refractivity contribution >= 4 is 29.2 Å². The number of hydrogen-bond acceptors (Lipinski definition) is 8. The third-order valence-electron chi connectivity index (χ3n) is 5.44. The first kappa shape index (κ1) is 30.7. The largest absolute Gasteiger partial charge is 0.464 e. The highest BCUT2D eigenvalue weighted by atomic mass is 35.5. The van der Waals surface area contributed by atoms with Gasteiger partial charge >= 0.3 is 5.97 Å². The minimum Gasteiger partial charge on any atom is -0.464 e. The highest BCUT2D eigenvalue weighted by Gasteiger charge is 2.28. The molecule has 0 aliphatic carbocycles. The zero-order valence-corrected chi connectivity index (χ0v) is 23.4. The summed E-state index contributed by atoms with van der Waals surface area (Å²) in [5.74, 6) is -0.112. The Morgan fingerprint density at radius 2 is 1.23 bits per heavy atom. The number of methoxy groups -OCH3 is 2. The van der Waals surface area contributed by atoms with Crippen LogP contribution in [0, 0.1) is 0 Å². The maximum atomic E-state index is 13.3. The first-order valence-corrected chi connectivity index (χ1v) is 13.0. The molecule has 1 unspecified atom stereocenters. The Bertz CT molecular complexity index is 1090. The summed E-state index contributed by atoms with van der Waals surface area (Å²) >= 11 is 13.2. The lowest BCUT2D eigenvalue weighted by atomic mass is 10.0. The lowest BCUT2D eigenvalue weighted by molar-refractivity contribution is -0.147. The van der Waals surface area contributed by atoms with Gasteiger partial charge in [-0.2, -0.15) is 0 Å². The number of esters is 1. The Morgan fingerprint density at radius 1 is 0.744 bits per heavy atom. The minimum atomic E-state index is -1.23. The molecule has 1 atom stereocenters. The van der Waals surface area contributed by atoms with E-state index < -0.39 is 17.5 Å². The number of halogens is 2. The lowest BCUT2D eigenvalue weighted by Crippen LogP contribution is -2.17. The van der Waals surface area contributed by atoms with E-state index in [1.807, 2.05) is 60.7 Å². The molecule has 0 spiro atoms. The third-order valence-corrected chi connectivity index (χ3v) is 6.18. The van der Waals surface area contributed by atoms with Crippen molar-refractivity contribution in [1.82, 2.24) is 0 Å². The lowest BCUT2D eigenvalue weighted by Gasteiger charge is -2.22. The van der Waals surface area contributed by atoms with Gasteiger partial charge in [-0.15, -0.1) is 11.6 Å². The average Bonchev–Trinajstić information content (AvgIpc) is 2.97. The van der Waals surface area contributed by atoms with Crippen LogP contribution in [0.25, 0.3) is 0 Å². The molecule has 0 heterocycles. The molecular weight excluding hydrogens is 547 g/mol. The van der Waals surface area contributed by atoms with E-state index in [4.69, 9.17) is 56.4 Å². The second-order valence-corrected chi connectivity index (χ2v) is 8.99. The molecule has 0 aromatic heterocycles. The molecule has 39 heavy (non-hydrogen) atoms. The standard InChI is InChI=1S/C29H32Cl2O8/c1-33-13-15-35-19-37-25-17-23(24(30)18-26(25)38-20-36-16-14-34-2)27(31)29(32)39-28(21-9-5-3-6-10-21)22-11-7-4-8-12-22/h3-12,17-18,27-28H,13-16,19-20H2,1-2H3. The molecule has 0 radical (unpaired) electrons. The van der Waals surface area contributed by atoms with Crippen LogP contribution < -0.4 is 9.47 Å². The summed E-state index contributed by atoms with van der Waals surface area (Å²) in [5, 5.41) is -1.03. The molecule has 0 saturated heterocycles. The van der Waals surface area contributed by atoms with Crippen LogP contribution in [0.1, 0.15) is 28.2 Å². The van der Waals surface area contributed by atoms with Gasteiger partial charge in [0, 0.05) is 30.9 Å². The number of ether oxygens (including phenoxy) is 7. The Labute approximate surface area is 238 Å². The van der Waals surface area contributed by atoms with Crippen LogP contribution in [0.15, 0.2) is 72.8 Å². The van der Waals surface area contributed by atoms with Crippen LogP contribution in [0.3, 0.4) is 0 Å². The summed E-state index contributed by atoms with van der Waals surface area (Å²) in [5.41, 5.74) is 1.91. The van der Waals surface area contributed by atoms with Gasteiger partial charge in [0.05, 0.1) is 26.4 Å². The van der Waals surface area contributed by atoms with E-state index in [1.165, 1.54) is 12.1 Å². The zero-order valence-electron chi connectivity index (χ0n) is 21.8. The van der Waals surface area contributed by atoms with Gasteiger partial charge in [-0.1, -0.05) is 72.3 Å². The molecule has 8 nitrogen and oxygen atoms in total. The number of carbonyl (C=O) groups is 1. The van der Waals surface area contributed by atoms with Crippen molar-refractivity contribution < 1.29 is 38.0 Å². The van der Waals surface area contributed by atoms with Crippen LogP contribution in [0.2, 0.25) is 5.02 Å². The smallest absolute Gasteiger partial charge is 0.329 e. The molecule has 0 aliphatic heterocycles. The Hall–Kier alpha value is -2.85. The fourth-order valence-electron chi connectivity index (χ4n) is 3.47. The van der Waals surface area contributed by atoms with Crippen molar-refractivity contribution in [2.75, 3.05) is 54.2 Å². The molecule has 3 aromatic rings. The van der Waals surface area contributed by atoms with E-state index in [2.05, 4.69) is 0 Å². The van der Waals surface area contributed by atoms with Gasteiger partial charge in [0.25, 0.3) is 0 Å². The van der Waals surface area contributed by atoms with Crippen molar-refractivity contribution in [3.8, 4) is 11.5 Å². The monoisotopic (exact) mass is 578 g/mol. The molecule has 3 rings (SSSR count). The summed E-state index contributed by atoms with van der Waals surface area (Å²) in [7, 11) is 3.15. The highest BCUT2D eigenvalue weighted by Crippen LogP contribution is 2.40. The summed E-state index contributed by atoms with van der Waals surface area (Å²) in [6, 6.07) is 21.9. The normalized spacial score (nSPS) is 11.8. The molecule has 0 N–H and O–H groups in total. The maximum Gasteiger partial charge on any atom is 0.329 e. The predicted octanol–water partition coefficient (Wildman–Crippen LogP) is 5.95. The number of alkyl halides is 1. The Balaban J connectivity index is 1.80. The number of carbonyl (C=O) groups excluding carboxylic acids is 1. The van der Waals surface area contributed by atoms with Crippen molar-refractivity contribution in [1.29, 1.82) is 0 Å². The number of hydrogen-bond donors (Lipinski definition) is 0. The summed E-state index contributed by atoms with van der Waals surface area (Å²) in [6.45, 7) is 1.35. The third kappa shape index (κ3) is 9.69. The Kier molecular flexibility index (Phi) is 13.4. The first-order chi connectivity index (χ1) is 19.0. The van der Waals surface area contributed by atoms with Gasteiger partial charge in [0.1, 0.15) is 0 Å². The van der Waals surface area contributed by atoms with Gasteiger partial charge in [0.2, 0.25) is 0 Å². The predicted molar refractivity (Wildman–Crippen MR) is 148 cm³/mol. The SMILES string of the molecule is COCCOCOc1cc(Cl)c(C(Cl)C(=O)OC(c2ccccc2)c2ccccc2)cc1OCOCCOC. The van der Waals surface area contributed by atoms with Gasteiger partial charge in [-0.3, -0.25) is 4.79 Å². The fraction of sp³-hybridized carbons (Fsp3) is 0.345. The molecule has 0 bridgehead atoms. The van der Waals surface area contributed by atoms with Crippen molar-refractivity contribution in [3.05, 3.63) is 94.5 Å². The van der Waals surface area contributed by atoms with E-state index in [9.17, 15) is 4.79 Å². The molecule has 10 heteroatoms. The average molecular weight is 579 g/mol. The van der Waals surface area contributed by atoms with Crippen molar-refractivity contribution in [2.24, 2.45) is 0 Å². The topological polar surface area (TPSA) is 81.7 Å². The number of rotatable bonds is 17. The first-order valence-electron chi connectivity index (χ1n) is 12.2. The van der Waals surface area contributed by atoms with E-state index in [1.54, 1.807) is 14.2 Å². The van der Waals surface area contributed by atoms with E-state index in [0.717, 1.165) is 11.1 Å². The van der Waals surface area contributed by atoms with Crippen LogP contribution in [0.5, 0.6) is 11.5 Å². The summed E-state index contributed by atoms with van der Waals surface area (Å²) in [6.07, 6.45) is -0.656. The molecule has 3 aromatic carbocycles. The van der Waals surface area contributed by atoms with E-state index in [0.29, 0.717) is 37.7 Å². The van der Waals surface area contributed by atoms with E-state index in [-0.39, 0.29) is 24.4 Å². The molecule has 0 saturated carbocycles. The minimum absolute atomic E-state index is 0.0674. The van der Waals surface area contributed by atoms with E-state index >= 15 is 0 Å². The highest BCUT2D eigenvalue weighted by molar-refractivity contribution is 6.35. The Morgan fingerprint density at radius 3 is 1.72 bits per heavy atom. The molecular formula is C29H32Cl2O8. The van der Waals surface area contributed by atoms with Gasteiger partial charge in [-0.25, -0.2) is 0 Å². The summed E-state index contributed by atoms with van der Waals surface area (Å²) < 4.78 is 38.1. The molecule has 0 amide bonds. The van der Waals surface area contributed by atoms with Gasteiger partial charge < -0.3 is 33.2 Å². The van der Waals surface area contributed by atoms with Crippen molar-refractivity contribution in [2.45, 2.75) is 11.5 Å². The van der Waals surface area contributed by atoms with Crippen LogP contribution in [-0.2, 0) is 28.5 Å². The molecule has 210 valence electrons. The quantitative estimate of drug-likeness (QED) is 0.0840. The zero-order chi connectivity index (χ0) is 27.9. The van der Waals surface area contributed by atoms with Crippen molar-refractivity contribution in [3.63, 3.8) is 0 Å². The van der Waals surface area contributed by atoms with Crippen LogP contribution in [-0.4, -0.2) is 60.2 Å². The summed E-state index contributed by atoms with van der Waals surface area (Å²) in [4.78, 5) is 13.3.